The molecule has 0 saturated heterocycles. The summed E-state index contributed by atoms with van der Waals surface area (Å²) in [5.41, 5.74) is 4.70. The first kappa shape index (κ1) is 25.3. The van der Waals surface area contributed by atoms with Crippen molar-refractivity contribution in [2.45, 2.75) is 39.5 Å². The summed E-state index contributed by atoms with van der Waals surface area (Å²) in [5, 5.41) is 14.7. The average molecular weight is 467 g/mol. The molecule has 2 amide bonds. The minimum absolute atomic E-state index is 0.0136. The van der Waals surface area contributed by atoms with Gasteiger partial charge in [0.05, 0.1) is 5.92 Å². The maximum Gasteiger partial charge on any atom is 0.407 e. The fourth-order valence-corrected chi connectivity index (χ4v) is 4.31. The number of ether oxygens (including phenoxy) is 1. The van der Waals surface area contributed by atoms with Crippen LogP contribution in [0.15, 0.2) is 48.5 Å². The van der Waals surface area contributed by atoms with Crippen LogP contribution in [0.25, 0.3) is 11.1 Å². The maximum atomic E-state index is 12.3. The number of hydrogen-bond donors (Lipinski definition) is 3. The molecule has 34 heavy (non-hydrogen) atoms. The molecular formula is C27H34N2O5. The highest BCUT2D eigenvalue weighted by Gasteiger charge is 2.29. The predicted octanol–water partition coefficient (Wildman–Crippen LogP) is 4.41. The Bertz CT molecular complexity index is 974. The van der Waals surface area contributed by atoms with Gasteiger partial charge in [0, 0.05) is 25.4 Å². The monoisotopic (exact) mass is 466 g/mol. The molecule has 1 aliphatic carbocycles. The molecule has 3 rings (SSSR count). The summed E-state index contributed by atoms with van der Waals surface area (Å²) in [4.78, 5) is 35.6. The lowest BCUT2D eigenvalue weighted by Crippen LogP contribution is -2.36. The Labute approximate surface area is 200 Å². The lowest BCUT2D eigenvalue weighted by atomic mass is 9.96. The second-order valence-electron chi connectivity index (χ2n) is 9.34. The van der Waals surface area contributed by atoms with Crippen molar-refractivity contribution in [3.8, 4) is 11.1 Å². The number of benzene rings is 2. The number of nitrogens with one attached hydrogen (secondary N) is 2. The minimum Gasteiger partial charge on any atom is -0.481 e. The molecule has 0 aromatic heterocycles. The molecule has 0 heterocycles. The molecule has 2 unspecified atom stereocenters. The van der Waals surface area contributed by atoms with Gasteiger partial charge in [0.1, 0.15) is 6.61 Å². The van der Waals surface area contributed by atoms with Gasteiger partial charge in [-0.15, -0.1) is 0 Å². The smallest absolute Gasteiger partial charge is 0.407 e. The highest BCUT2D eigenvalue weighted by Crippen LogP contribution is 2.44. The molecule has 0 radical (unpaired) electrons. The summed E-state index contributed by atoms with van der Waals surface area (Å²) in [7, 11) is 0. The van der Waals surface area contributed by atoms with E-state index in [1.54, 1.807) is 0 Å². The average Bonchev–Trinajstić information content (AvgIpc) is 3.13. The number of hydrogen-bond acceptors (Lipinski definition) is 4. The number of carbonyl (C=O) groups is 3. The number of carboxylic acid groups (broad SMARTS) is 1. The number of amides is 2. The molecule has 7 heteroatoms. The van der Waals surface area contributed by atoms with Crippen molar-refractivity contribution in [3.05, 3.63) is 59.7 Å². The third-order valence-electron chi connectivity index (χ3n) is 6.44. The van der Waals surface area contributed by atoms with E-state index in [9.17, 15) is 19.5 Å². The third kappa shape index (κ3) is 6.37. The molecule has 2 atom stereocenters. The van der Waals surface area contributed by atoms with E-state index in [1.807, 2.05) is 45.0 Å². The second kappa shape index (κ2) is 11.7. The second-order valence-corrected chi connectivity index (χ2v) is 9.34. The molecular weight excluding hydrogens is 432 g/mol. The van der Waals surface area contributed by atoms with E-state index < -0.39 is 18.0 Å². The summed E-state index contributed by atoms with van der Waals surface area (Å²) in [6.45, 7) is 6.37. The molecule has 1 aliphatic rings. The Balaban J connectivity index is 1.39. The van der Waals surface area contributed by atoms with E-state index >= 15 is 0 Å². The van der Waals surface area contributed by atoms with E-state index in [1.165, 1.54) is 22.3 Å². The first-order valence-corrected chi connectivity index (χ1v) is 11.9. The fraction of sp³-hybridized carbons (Fsp3) is 0.444. The zero-order valence-corrected chi connectivity index (χ0v) is 20.0. The van der Waals surface area contributed by atoms with Crippen LogP contribution in [0.5, 0.6) is 0 Å². The molecule has 0 fully saturated rings. The molecule has 2 aromatic rings. The molecule has 2 aromatic carbocycles. The van der Waals surface area contributed by atoms with Gasteiger partial charge in [0.25, 0.3) is 0 Å². The maximum absolute atomic E-state index is 12.3. The molecule has 0 spiro atoms. The lowest BCUT2D eigenvalue weighted by Gasteiger charge is -2.18. The van der Waals surface area contributed by atoms with E-state index in [4.69, 9.17) is 4.74 Å². The van der Waals surface area contributed by atoms with Gasteiger partial charge in [-0.2, -0.15) is 0 Å². The van der Waals surface area contributed by atoms with Gasteiger partial charge in [-0.1, -0.05) is 69.3 Å². The molecule has 0 aliphatic heterocycles. The summed E-state index contributed by atoms with van der Waals surface area (Å²) in [6, 6.07) is 16.4. The van der Waals surface area contributed by atoms with Gasteiger partial charge in [-0.25, -0.2) is 4.79 Å². The lowest BCUT2D eigenvalue weighted by molar-refractivity contribution is -0.143. The van der Waals surface area contributed by atoms with Gasteiger partial charge >= 0.3 is 12.1 Å². The zero-order chi connectivity index (χ0) is 24.7. The van der Waals surface area contributed by atoms with Crippen LogP contribution in [-0.2, 0) is 14.3 Å². The standard InChI is InChI=1S/C27H34N2O5/c1-17(2)23(26(31)32)15-28-25(30)13-12-18(3)14-29-27(33)34-16-24-21-10-6-4-8-19(21)20-9-5-7-11-22(20)24/h4-11,17-18,23-24H,12-16H2,1-3H3,(H,28,30)(H,29,33)(H,31,32). The van der Waals surface area contributed by atoms with Gasteiger partial charge < -0.3 is 20.5 Å². The fourth-order valence-electron chi connectivity index (χ4n) is 4.31. The van der Waals surface area contributed by atoms with Crippen molar-refractivity contribution in [3.63, 3.8) is 0 Å². The molecule has 3 N–H and O–H groups in total. The Kier molecular flexibility index (Phi) is 8.68. The van der Waals surface area contributed by atoms with Crippen LogP contribution in [0.4, 0.5) is 4.79 Å². The highest BCUT2D eigenvalue weighted by atomic mass is 16.5. The predicted molar refractivity (Wildman–Crippen MR) is 130 cm³/mol. The van der Waals surface area contributed by atoms with Crippen molar-refractivity contribution in [2.75, 3.05) is 19.7 Å². The Hall–Kier alpha value is -3.35. The topological polar surface area (TPSA) is 105 Å². The van der Waals surface area contributed by atoms with Gasteiger partial charge in [-0.05, 0) is 40.5 Å². The SMILES string of the molecule is CC(CCC(=O)NCC(C(=O)O)C(C)C)CNC(=O)OCC1c2ccccc2-c2ccccc21. The first-order chi connectivity index (χ1) is 16.3. The van der Waals surface area contributed by atoms with Crippen LogP contribution in [0.1, 0.15) is 50.7 Å². The van der Waals surface area contributed by atoms with Crippen molar-refractivity contribution in [1.82, 2.24) is 10.6 Å². The number of fused-ring (bicyclic) bond motifs is 3. The summed E-state index contributed by atoms with van der Waals surface area (Å²) in [6.07, 6.45) is 0.381. The normalized spacial score (nSPS) is 14.1. The summed E-state index contributed by atoms with van der Waals surface area (Å²) >= 11 is 0. The quantitative estimate of drug-likeness (QED) is 0.455. The van der Waals surface area contributed by atoms with Crippen molar-refractivity contribution in [1.29, 1.82) is 0 Å². The van der Waals surface area contributed by atoms with Crippen molar-refractivity contribution < 1.29 is 24.2 Å². The molecule has 0 bridgehead atoms. The number of alkyl carbamates (subject to hydrolysis) is 1. The van der Waals surface area contributed by atoms with Crippen LogP contribution < -0.4 is 10.6 Å². The Morgan fingerprint density at radius 1 is 0.912 bits per heavy atom. The van der Waals surface area contributed by atoms with Crippen LogP contribution in [0.3, 0.4) is 0 Å². The Morgan fingerprint density at radius 2 is 1.50 bits per heavy atom. The number of carboxylic acids is 1. The van der Waals surface area contributed by atoms with E-state index in [2.05, 4.69) is 34.9 Å². The van der Waals surface area contributed by atoms with Gasteiger partial charge in [0.15, 0.2) is 0 Å². The minimum atomic E-state index is -0.907. The van der Waals surface area contributed by atoms with Crippen LogP contribution in [0, 0.1) is 17.8 Å². The molecule has 0 saturated carbocycles. The van der Waals surface area contributed by atoms with E-state index in [-0.39, 0.29) is 43.2 Å². The number of aliphatic carboxylic acids is 1. The van der Waals surface area contributed by atoms with Gasteiger partial charge in [-0.3, -0.25) is 9.59 Å². The van der Waals surface area contributed by atoms with E-state index in [0.717, 1.165) is 0 Å². The van der Waals surface area contributed by atoms with Crippen LogP contribution in [-0.4, -0.2) is 42.8 Å². The number of rotatable bonds is 11. The zero-order valence-electron chi connectivity index (χ0n) is 20.0. The van der Waals surface area contributed by atoms with Crippen LogP contribution in [0.2, 0.25) is 0 Å². The van der Waals surface area contributed by atoms with Gasteiger partial charge in [0.2, 0.25) is 5.91 Å². The summed E-state index contributed by atoms with van der Waals surface area (Å²) < 4.78 is 5.54. The van der Waals surface area contributed by atoms with Crippen molar-refractivity contribution in [2.24, 2.45) is 17.8 Å². The molecule has 182 valence electrons. The largest absolute Gasteiger partial charge is 0.481 e. The summed E-state index contributed by atoms with van der Waals surface area (Å²) in [5.74, 6) is -1.66. The molecule has 7 nitrogen and oxygen atoms in total. The number of carbonyl (C=O) groups excluding carboxylic acids is 2. The van der Waals surface area contributed by atoms with Crippen molar-refractivity contribution >= 4 is 18.0 Å². The van der Waals surface area contributed by atoms with E-state index in [0.29, 0.717) is 13.0 Å². The van der Waals surface area contributed by atoms with Crippen LogP contribution >= 0.6 is 0 Å². The third-order valence-corrected chi connectivity index (χ3v) is 6.44. The highest BCUT2D eigenvalue weighted by molar-refractivity contribution is 5.79. The Morgan fingerprint density at radius 3 is 2.06 bits per heavy atom. The first-order valence-electron chi connectivity index (χ1n) is 11.9.